The van der Waals surface area contributed by atoms with Crippen molar-refractivity contribution in [2.24, 2.45) is 0 Å². The molecule has 0 atom stereocenters. The standard InChI is InChI=1S/C4H4O.C3H6N6/c1-2-4-5-3-1;4-1-7-2(5)9-3(6)8-1/h1-4H;(H6,4,5,6,7,8,9). The zero-order valence-electron chi connectivity index (χ0n) is 7.29. The van der Waals surface area contributed by atoms with E-state index in [1.165, 1.54) is 0 Å². The molecule has 2 heterocycles. The lowest BCUT2D eigenvalue weighted by Crippen LogP contribution is -2.05. The number of nitrogen functional groups attached to an aromatic ring is 3. The van der Waals surface area contributed by atoms with Crippen molar-refractivity contribution in [2.75, 3.05) is 17.2 Å². The summed E-state index contributed by atoms with van der Waals surface area (Å²) in [6, 6.07) is 3.67. The minimum Gasteiger partial charge on any atom is -0.473 e. The van der Waals surface area contributed by atoms with Gasteiger partial charge in [0.1, 0.15) is 0 Å². The van der Waals surface area contributed by atoms with Crippen LogP contribution in [-0.4, -0.2) is 15.0 Å². The molecule has 0 bridgehead atoms. The van der Waals surface area contributed by atoms with Crippen molar-refractivity contribution >= 4 is 17.8 Å². The number of nitrogens with two attached hydrogens (primary N) is 3. The van der Waals surface area contributed by atoms with Crippen LogP contribution >= 0.6 is 0 Å². The maximum absolute atomic E-state index is 5.14. The minimum absolute atomic E-state index is 0.0417. The highest BCUT2D eigenvalue weighted by atomic mass is 16.3. The highest BCUT2D eigenvalue weighted by Gasteiger charge is 1.93. The van der Waals surface area contributed by atoms with Gasteiger partial charge in [-0.2, -0.15) is 15.0 Å². The van der Waals surface area contributed by atoms with Crippen LogP contribution in [0.4, 0.5) is 17.8 Å². The molecule has 14 heavy (non-hydrogen) atoms. The van der Waals surface area contributed by atoms with Gasteiger partial charge in [0, 0.05) is 0 Å². The molecule has 0 aromatic carbocycles. The number of anilines is 3. The van der Waals surface area contributed by atoms with Gasteiger partial charge in [0.25, 0.3) is 0 Å². The van der Waals surface area contributed by atoms with Crippen molar-refractivity contribution in [3.8, 4) is 0 Å². The first kappa shape index (κ1) is 9.78. The van der Waals surface area contributed by atoms with Crippen molar-refractivity contribution in [1.82, 2.24) is 15.0 Å². The Balaban J connectivity index is 0.000000165. The molecule has 0 aliphatic carbocycles. The molecule has 2 aromatic heterocycles. The Morgan fingerprint density at radius 3 is 1.36 bits per heavy atom. The third-order valence-corrected chi connectivity index (χ3v) is 1.11. The number of aromatic nitrogens is 3. The van der Waals surface area contributed by atoms with Gasteiger partial charge in [-0.05, 0) is 12.1 Å². The number of rotatable bonds is 0. The van der Waals surface area contributed by atoms with Gasteiger partial charge in [-0.15, -0.1) is 0 Å². The van der Waals surface area contributed by atoms with Crippen molar-refractivity contribution in [3.05, 3.63) is 24.7 Å². The third-order valence-electron chi connectivity index (χ3n) is 1.11. The monoisotopic (exact) mass is 194 g/mol. The number of hydrogen-bond donors (Lipinski definition) is 3. The van der Waals surface area contributed by atoms with Crippen LogP contribution in [0.2, 0.25) is 0 Å². The molecule has 0 radical (unpaired) electrons. The van der Waals surface area contributed by atoms with Crippen LogP contribution in [0.5, 0.6) is 0 Å². The van der Waals surface area contributed by atoms with Gasteiger partial charge >= 0.3 is 0 Å². The minimum atomic E-state index is 0.0417. The van der Waals surface area contributed by atoms with E-state index in [0.29, 0.717) is 0 Å². The quantitative estimate of drug-likeness (QED) is 0.533. The zero-order valence-corrected chi connectivity index (χ0v) is 7.29. The Kier molecular flexibility index (Phi) is 3.25. The van der Waals surface area contributed by atoms with E-state index in [1.54, 1.807) is 12.5 Å². The maximum atomic E-state index is 5.14. The molecule has 0 spiro atoms. The summed E-state index contributed by atoms with van der Waals surface area (Å²) in [6.45, 7) is 0. The summed E-state index contributed by atoms with van der Waals surface area (Å²) in [5.41, 5.74) is 15.4. The summed E-state index contributed by atoms with van der Waals surface area (Å²) >= 11 is 0. The van der Waals surface area contributed by atoms with Gasteiger partial charge in [0.2, 0.25) is 17.8 Å². The van der Waals surface area contributed by atoms with E-state index in [2.05, 4.69) is 19.4 Å². The van der Waals surface area contributed by atoms with E-state index in [1.807, 2.05) is 12.1 Å². The first-order chi connectivity index (χ1) is 6.68. The summed E-state index contributed by atoms with van der Waals surface area (Å²) in [6.07, 6.45) is 3.25. The van der Waals surface area contributed by atoms with Crippen molar-refractivity contribution in [1.29, 1.82) is 0 Å². The summed E-state index contributed by atoms with van der Waals surface area (Å²) in [5, 5.41) is 0. The van der Waals surface area contributed by atoms with E-state index in [9.17, 15) is 0 Å². The fourth-order valence-electron chi connectivity index (χ4n) is 0.654. The number of nitrogens with zero attached hydrogens (tertiary/aromatic N) is 3. The van der Waals surface area contributed by atoms with Crippen LogP contribution < -0.4 is 17.2 Å². The highest BCUT2D eigenvalue weighted by Crippen LogP contribution is 1.97. The Hall–Kier alpha value is -2.31. The lowest BCUT2D eigenvalue weighted by Gasteiger charge is -1.93. The van der Waals surface area contributed by atoms with Gasteiger partial charge in [0.05, 0.1) is 12.5 Å². The maximum Gasteiger partial charge on any atom is 0.226 e. The van der Waals surface area contributed by atoms with Crippen LogP contribution in [0, 0.1) is 0 Å². The molecule has 0 aliphatic heterocycles. The predicted octanol–water partition coefficient (Wildman–Crippen LogP) is -0.102. The second kappa shape index (κ2) is 4.65. The Morgan fingerprint density at radius 2 is 1.14 bits per heavy atom. The lowest BCUT2D eigenvalue weighted by molar-refractivity contribution is 0.567. The smallest absolute Gasteiger partial charge is 0.226 e. The van der Waals surface area contributed by atoms with E-state index in [0.717, 1.165) is 0 Å². The summed E-state index contributed by atoms with van der Waals surface area (Å²) < 4.78 is 4.58. The van der Waals surface area contributed by atoms with Gasteiger partial charge in [-0.25, -0.2) is 0 Å². The summed E-state index contributed by atoms with van der Waals surface area (Å²) in [7, 11) is 0. The molecule has 74 valence electrons. The predicted molar refractivity (Wildman–Crippen MR) is 51.8 cm³/mol. The lowest BCUT2D eigenvalue weighted by atomic mass is 10.7. The highest BCUT2D eigenvalue weighted by molar-refractivity contribution is 5.33. The second-order valence-corrected chi connectivity index (χ2v) is 2.20. The van der Waals surface area contributed by atoms with Crippen LogP contribution in [0.3, 0.4) is 0 Å². The van der Waals surface area contributed by atoms with Gasteiger partial charge < -0.3 is 21.6 Å². The van der Waals surface area contributed by atoms with Crippen molar-refractivity contribution in [3.63, 3.8) is 0 Å². The normalized spacial score (nSPS) is 8.86. The molecule has 0 amide bonds. The average Bonchev–Trinajstić information content (AvgIpc) is 2.56. The molecule has 7 heteroatoms. The van der Waals surface area contributed by atoms with E-state index in [4.69, 9.17) is 17.2 Å². The second-order valence-electron chi connectivity index (χ2n) is 2.20. The summed E-state index contributed by atoms with van der Waals surface area (Å²) in [4.78, 5) is 10.5. The van der Waals surface area contributed by atoms with Gasteiger partial charge in [-0.1, -0.05) is 0 Å². The number of furan rings is 1. The molecule has 2 aromatic rings. The fraction of sp³-hybridized carbons (Fsp3) is 0. The molecular formula is C7H10N6O. The largest absolute Gasteiger partial charge is 0.473 e. The molecule has 0 unspecified atom stereocenters. The average molecular weight is 194 g/mol. The van der Waals surface area contributed by atoms with Gasteiger partial charge in [0.15, 0.2) is 0 Å². The Bertz CT molecular complexity index is 306. The molecule has 0 fully saturated rings. The Labute approximate surface area is 80.0 Å². The van der Waals surface area contributed by atoms with Crippen LogP contribution in [0.25, 0.3) is 0 Å². The molecule has 6 N–H and O–H groups in total. The van der Waals surface area contributed by atoms with Crippen LogP contribution in [0.1, 0.15) is 0 Å². The molecule has 7 nitrogen and oxygen atoms in total. The van der Waals surface area contributed by atoms with Gasteiger partial charge in [-0.3, -0.25) is 0 Å². The molecule has 0 saturated carbocycles. The topological polar surface area (TPSA) is 130 Å². The summed E-state index contributed by atoms with van der Waals surface area (Å²) in [5.74, 6) is 0.125. The first-order valence-corrected chi connectivity index (χ1v) is 3.68. The third kappa shape index (κ3) is 3.39. The zero-order chi connectivity index (χ0) is 10.4. The molecule has 0 saturated heterocycles. The van der Waals surface area contributed by atoms with E-state index < -0.39 is 0 Å². The van der Waals surface area contributed by atoms with E-state index >= 15 is 0 Å². The van der Waals surface area contributed by atoms with Crippen LogP contribution in [-0.2, 0) is 0 Å². The molecule has 0 aliphatic rings. The van der Waals surface area contributed by atoms with Crippen LogP contribution in [0.15, 0.2) is 29.1 Å². The fourth-order valence-corrected chi connectivity index (χ4v) is 0.654. The number of hydrogen-bond acceptors (Lipinski definition) is 7. The van der Waals surface area contributed by atoms with Crippen molar-refractivity contribution in [2.45, 2.75) is 0 Å². The first-order valence-electron chi connectivity index (χ1n) is 3.68. The van der Waals surface area contributed by atoms with Crippen molar-refractivity contribution < 1.29 is 4.42 Å². The molecule has 2 rings (SSSR count). The Morgan fingerprint density at radius 1 is 0.786 bits per heavy atom. The van der Waals surface area contributed by atoms with E-state index in [-0.39, 0.29) is 17.8 Å². The SMILES string of the molecule is Nc1nc(N)nc(N)n1.c1ccoc1. The molecular weight excluding hydrogens is 184 g/mol.